The van der Waals surface area contributed by atoms with Crippen LogP contribution in [0.1, 0.15) is 278 Å². The van der Waals surface area contributed by atoms with Gasteiger partial charge in [-0.3, -0.25) is 14.4 Å². The molecule has 0 saturated heterocycles. The van der Waals surface area contributed by atoms with E-state index in [0.29, 0.717) is 19.3 Å². The Bertz CT molecular complexity index is 841. The number of hydrogen-bond donors (Lipinski definition) is 0. The maximum atomic E-state index is 12.7. The van der Waals surface area contributed by atoms with Crippen molar-refractivity contribution in [2.24, 2.45) is 5.92 Å². The molecule has 0 N–H and O–H groups in total. The molecule has 0 rings (SSSR count). The average molecular weight is 793 g/mol. The van der Waals surface area contributed by atoms with Crippen LogP contribution in [0.5, 0.6) is 0 Å². The fourth-order valence-corrected chi connectivity index (χ4v) is 7.51. The number of carbonyl (C=O) groups is 3. The number of rotatable bonds is 45. The van der Waals surface area contributed by atoms with Crippen LogP contribution in [0.4, 0.5) is 0 Å². The summed E-state index contributed by atoms with van der Waals surface area (Å²) in [6, 6.07) is 0. The third-order valence-electron chi connectivity index (χ3n) is 11.3. The highest BCUT2D eigenvalue weighted by Crippen LogP contribution is 2.17. The molecule has 0 aliphatic carbocycles. The lowest BCUT2D eigenvalue weighted by Gasteiger charge is -2.18. The lowest BCUT2D eigenvalue weighted by Crippen LogP contribution is -2.30. The molecule has 0 saturated carbocycles. The molecule has 332 valence electrons. The minimum absolute atomic E-state index is 0.0642. The Morgan fingerprint density at radius 2 is 0.589 bits per heavy atom. The highest BCUT2D eigenvalue weighted by Gasteiger charge is 2.19. The van der Waals surface area contributed by atoms with Crippen LogP contribution in [0.2, 0.25) is 0 Å². The number of carbonyl (C=O) groups excluding carboxylic acids is 3. The summed E-state index contributed by atoms with van der Waals surface area (Å²) in [7, 11) is 0. The van der Waals surface area contributed by atoms with E-state index >= 15 is 0 Å². The van der Waals surface area contributed by atoms with Gasteiger partial charge in [0.25, 0.3) is 0 Å². The largest absolute Gasteiger partial charge is 0.462 e. The Morgan fingerprint density at radius 3 is 0.875 bits per heavy atom. The molecule has 0 aromatic heterocycles. The van der Waals surface area contributed by atoms with Crippen LogP contribution in [0.15, 0.2) is 0 Å². The van der Waals surface area contributed by atoms with E-state index < -0.39 is 6.10 Å². The van der Waals surface area contributed by atoms with Gasteiger partial charge in [-0.05, 0) is 25.2 Å². The summed E-state index contributed by atoms with van der Waals surface area (Å²) < 4.78 is 16.7. The zero-order chi connectivity index (χ0) is 41.0. The molecular weight excluding hydrogens is 697 g/mol. The Kier molecular flexibility index (Phi) is 43.2. The minimum Gasteiger partial charge on any atom is -0.462 e. The van der Waals surface area contributed by atoms with E-state index in [9.17, 15) is 14.4 Å². The standard InChI is InChI=1S/C50H96O6/c1-5-7-9-11-13-15-17-19-20-21-23-25-27-29-34-38-42-49(52)55-45-47(56-50(53)43-39-35-31-30-32-36-40-46(3)4)44-54-48(51)41-37-33-28-26-24-22-18-16-14-12-10-8-6-2/h46-47H,5-45H2,1-4H3/t47-/m0/s1. The van der Waals surface area contributed by atoms with Crippen LogP contribution >= 0.6 is 0 Å². The van der Waals surface area contributed by atoms with Crippen molar-refractivity contribution in [2.45, 2.75) is 284 Å². The number of esters is 3. The van der Waals surface area contributed by atoms with Crippen molar-refractivity contribution >= 4 is 17.9 Å². The SMILES string of the molecule is CCCCCCCCCCCCCCCCCCC(=O)OC[C@H](COC(=O)CCCCCCCCCCCCCCC)OC(=O)CCCCCCCCC(C)C. The van der Waals surface area contributed by atoms with Crippen molar-refractivity contribution in [3.05, 3.63) is 0 Å². The average Bonchev–Trinajstić information content (AvgIpc) is 3.18. The van der Waals surface area contributed by atoms with Gasteiger partial charge in [0.1, 0.15) is 13.2 Å². The van der Waals surface area contributed by atoms with E-state index in [-0.39, 0.29) is 31.1 Å². The molecule has 56 heavy (non-hydrogen) atoms. The second-order valence-corrected chi connectivity index (χ2v) is 17.6. The van der Waals surface area contributed by atoms with Gasteiger partial charge in [-0.2, -0.15) is 0 Å². The maximum absolute atomic E-state index is 12.7. The fraction of sp³-hybridized carbons (Fsp3) is 0.940. The van der Waals surface area contributed by atoms with Crippen molar-refractivity contribution < 1.29 is 28.6 Å². The van der Waals surface area contributed by atoms with Crippen LogP contribution in [0, 0.1) is 5.92 Å². The van der Waals surface area contributed by atoms with E-state index in [1.807, 2.05) is 0 Å². The van der Waals surface area contributed by atoms with Crippen molar-refractivity contribution in [1.82, 2.24) is 0 Å². The van der Waals surface area contributed by atoms with E-state index in [2.05, 4.69) is 27.7 Å². The quantitative estimate of drug-likeness (QED) is 0.0347. The number of hydrogen-bond acceptors (Lipinski definition) is 6. The van der Waals surface area contributed by atoms with Gasteiger partial charge in [-0.15, -0.1) is 0 Å². The van der Waals surface area contributed by atoms with Gasteiger partial charge in [0.15, 0.2) is 6.10 Å². The zero-order valence-electron chi connectivity index (χ0n) is 38.1. The highest BCUT2D eigenvalue weighted by atomic mass is 16.6. The highest BCUT2D eigenvalue weighted by molar-refractivity contribution is 5.71. The van der Waals surface area contributed by atoms with E-state index in [4.69, 9.17) is 14.2 Å². The predicted molar refractivity (Wildman–Crippen MR) is 238 cm³/mol. The van der Waals surface area contributed by atoms with E-state index in [1.54, 1.807) is 0 Å². The van der Waals surface area contributed by atoms with Crippen molar-refractivity contribution in [2.75, 3.05) is 13.2 Å². The first-order chi connectivity index (χ1) is 27.4. The summed E-state index contributed by atoms with van der Waals surface area (Å²) in [5.74, 6) is -0.0938. The molecule has 1 atom stereocenters. The third-order valence-corrected chi connectivity index (χ3v) is 11.3. The van der Waals surface area contributed by atoms with Gasteiger partial charge in [-0.1, -0.05) is 240 Å². The van der Waals surface area contributed by atoms with Gasteiger partial charge in [0.2, 0.25) is 0 Å². The summed E-state index contributed by atoms with van der Waals surface area (Å²) in [6.07, 6.45) is 45.3. The molecule has 0 unspecified atom stereocenters. The molecule has 0 aromatic rings. The molecule has 0 aromatic carbocycles. The molecule has 0 heterocycles. The van der Waals surface area contributed by atoms with Gasteiger partial charge in [0.05, 0.1) is 0 Å². The Hall–Kier alpha value is -1.59. The Labute approximate surface area is 348 Å². The lowest BCUT2D eigenvalue weighted by molar-refractivity contribution is -0.167. The first-order valence-electron chi connectivity index (χ1n) is 24.9. The first-order valence-corrected chi connectivity index (χ1v) is 24.9. The van der Waals surface area contributed by atoms with Gasteiger partial charge < -0.3 is 14.2 Å². The monoisotopic (exact) mass is 793 g/mol. The molecule has 0 aliphatic heterocycles. The van der Waals surface area contributed by atoms with Gasteiger partial charge in [-0.25, -0.2) is 0 Å². The first kappa shape index (κ1) is 54.4. The lowest BCUT2D eigenvalue weighted by atomic mass is 10.0. The molecule has 0 aliphatic rings. The topological polar surface area (TPSA) is 78.9 Å². The summed E-state index contributed by atoms with van der Waals surface area (Å²) in [4.78, 5) is 37.8. The van der Waals surface area contributed by atoms with Crippen LogP contribution in [0.25, 0.3) is 0 Å². The maximum Gasteiger partial charge on any atom is 0.306 e. The van der Waals surface area contributed by atoms with Crippen molar-refractivity contribution in [3.8, 4) is 0 Å². The number of ether oxygens (including phenoxy) is 3. The Morgan fingerprint density at radius 1 is 0.339 bits per heavy atom. The zero-order valence-corrected chi connectivity index (χ0v) is 38.1. The van der Waals surface area contributed by atoms with Crippen LogP contribution < -0.4 is 0 Å². The molecule has 0 radical (unpaired) electrons. The molecule has 0 fully saturated rings. The fourth-order valence-electron chi connectivity index (χ4n) is 7.51. The smallest absolute Gasteiger partial charge is 0.306 e. The van der Waals surface area contributed by atoms with E-state index in [1.165, 1.54) is 173 Å². The Balaban J connectivity index is 4.25. The van der Waals surface area contributed by atoms with Crippen LogP contribution in [0.3, 0.4) is 0 Å². The van der Waals surface area contributed by atoms with Crippen molar-refractivity contribution in [3.63, 3.8) is 0 Å². The molecular formula is C50H96O6. The molecule has 6 nitrogen and oxygen atoms in total. The van der Waals surface area contributed by atoms with Gasteiger partial charge >= 0.3 is 17.9 Å². The van der Waals surface area contributed by atoms with Crippen LogP contribution in [-0.4, -0.2) is 37.2 Å². The second-order valence-electron chi connectivity index (χ2n) is 17.6. The molecule has 0 amide bonds. The summed E-state index contributed by atoms with van der Waals surface area (Å²) in [6.45, 7) is 8.95. The number of unbranched alkanes of at least 4 members (excludes halogenated alkanes) is 32. The molecule has 0 spiro atoms. The minimum atomic E-state index is -0.760. The normalized spacial score (nSPS) is 11.9. The summed E-state index contributed by atoms with van der Waals surface area (Å²) in [5.41, 5.74) is 0. The van der Waals surface area contributed by atoms with Crippen LogP contribution in [-0.2, 0) is 28.6 Å². The molecule has 0 bridgehead atoms. The summed E-state index contributed by atoms with van der Waals surface area (Å²) in [5, 5.41) is 0. The van der Waals surface area contributed by atoms with Crippen molar-refractivity contribution in [1.29, 1.82) is 0 Å². The third kappa shape index (κ3) is 43.5. The second kappa shape index (κ2) is 44.5. The van der Waals surface area contributed by atoms with E-state index in [0.717, 1.165) is 63.7 Å². The predicted octanol–water partition coefficient (Wildman–Crippen LogP) is 15.9. The summed E-state index contributed by atoms with van der Waals surface area (Å²) >= 11 is 0. The molecule has 6 heteroatoms. The van der Waals surface area contributed by atoms with Gasteiger partial charge in [0, 0.05) is 19.3 Å².